The first-order valence-electron chi connectivity index (χ1n) is 18.1. The summed E-state index contributed by atoms with van der Waals surface area (Å²) in [4.78, 5) is 5.33. The summed E-state index contributed by atoms with van der Waals surface area (Å²) in [5, 5.41) is 12.1. The summed E-state index contributed by atoms with van der Waals surface area (Å²) in [5.41, 5.74) is 12.1. The third kappa shape index (κ3) is 5.81. The second-order valence-electron chi connectivity index (χ2n) is 14.7. The lowest BCUT2D eigenvalue weighted by molar-refractivity contribution is 0.591. The standard InChI is InChI=1S/C48H39N5/c1-32-14-8-9-19-39(32)34-24-26-35(27-25-34)46-50-51-47(52(46)38-18-12-17-36(30-38)33-15-6-5-7-16-33)42-21-13-23-45(49-42)53-43-22-11-10-20-40(43)41-31-37(48(2,3)4)28-29-44(41)53/h5-31H,1-4H3. The van der Waals surface area contributed by atoms with Crippen LogP contribution in [-0.4, -0.2) is 24.3 Å². The first kappa shape index (κ1) is 32.3. The van der Waals surface area contributed by atoms with E-state index in [4.69, 9.17) is 15.2 Å². The molecule has 256 valence electrons. The number of fused-ring (bicyclic) bond motifs is 3. The second-order valence-corrected chi connectivity index (χ2v) is 14.7. The number of rotatable bonds is 6. The number of pyridine rings is 1. The molecular formula is C48H39N5. The van der Waals surface area contributed by atoms with Gasteiger partial charge in [0.25, 0.3) is 0 Å². The number of aromatic nitrogens is 5. The van der Waals surface area contributed by atoms with Crippen molar-refractivity contribution >= 4 is 21.8 Å². The lowest BCUT2D eigenvalue weighted by atomic mass is 9.86. The summed E-state index contributed by atoms with van der Waals surface area (Å²) >= 11 is 0. The van der Waals surface area contributed by atoms with E-state index in [1.807, 2.05) is 12.1 Å². The maximum atomic E-state index is 5.33. The molecule has 5 heteroatoms. The van der Waals surface area contributed by atoms with Gasteiger partial charge in [-0.15, -0.1) is 10.2 Å². The summed E-state index contributed by atoms with van der Waals surface area (Å²) in [6.45, 7) is 8.93. The lowest BCUT2D eigenvalue weighted by Gasteiger charge is -2.19. The number of hydrogen-bond acceptors (Lipinski definition) is 3. The largest absolute Gasteiger partial charge is 0.294 e. The van der Waals surface area contributed by atoms with Gasteiger partial charge in [-0.3, -0.25) is 9.13 Å². The van der Waals surface area contributed by atoms with Gasteiger partial charge in [-0.2, -0.15) is 0 Å². The summed E-state index contributed by atoms with van der Waals surface area (Å²) in [7, 11) is 0. The maximum Gasteiger partial charge on any atom is 0.187 e. The molecule has 0 bridgehead atoms. The van der Waals surface area contributed by atoms with Crippen LogP contribution in [0.15, 0.2) is 164 Å². The molecule has 0 aliphatic heterocycles. The molecular weight excluding hydrogens is 647 g/mol. The molecule has 0 amide bonds. The molecule has 0 unspecified atom stereocenters. The van der Waals surface area contributed by atoms with Crippen LogP contribution in [0.2, 0.25) is 0 Å². The number of para-hydroxylation sites is 1. The Morgan fingerprint density at radius 3 is 1.96 bits per heavy atom. The first-order chi connectivity index (χ1) is 25.8. The van der Waals surface area contributed by atoms with Crippen molar-refractivity contribution in [2.75, 3.05) is 0 Å². The molecule has 3 aromatic heterocycles. The lowest BCUT2D eigenvalue weighted by Crippen LogP contribution is -2.10. The molecule has 3 heterocycles. The van der Waals surface area contributed by atoms with Crippen LogP contribution in [0.5, 0.6) is 0 Å². The quantitative estimate of drug-likeness (QED) is 0.175. The summed E-state index contributed by atoms with van der Waals surface area (Å²) in [6.07, 6.45) is 0. The van der Waals surface area contributed by atoms with Crippen molar-refractivity contribution in [1.29, 1.82) is 0 Å². The highest BCUT2D eigenvalue weighted by atomic mass is 15.3. The molecule has 0 atom stereocenters. The molecule has 9 rings (SSSR count). The number of nitrogens with zero attached hydrogens (tertiary/aromatic N) is 5. The fourth-order valence-electron chi connectivity index (χ4n) is 7.39. The van der Waals surface area contributed by atoms with E-state index in [-0.39, 0.29) is 5.41 Å². The van der Waals surface area contributed by atoms with Crippen LogP contribution in [-0.2, 0) is 5.41 Å². The van der Waals surface area contributed by atoms with Gasteiger partial charge in [0.05, 0.1) is 11.0 Å². The van der Waals surface area contributed by atoms with E-state index in [1.165, 1.54) is 33.0 Å². The van der Waals surface area contributed by atoms with Gasteiger partial charge in [0, 0.05) is 22.0 Å². The van der Waals surface area contributed by atoms with Crippen molar-refractivity contribution in [2.45, 2.75) is 33.1 Å². The van der Waals surface area contributed by atoms with Crippen LogP contribution in [0, 0.1) is 6.92 Å². The average Bonchev–Trinajstić information content (AvgIpc) is 3.78. The summed E-state index contributed by atoms with van der Waals surface area (Å²) in [6, 6.07) is 57.7. The molecule has 0 radical (unpaired) electrons. The van der Waals surface area contributed by atoms with E-state index in [0.717, 1.165) is 50.7 Å². The topological polar surface area (TPSA) is 48.5 Å². The van der Waals surface area contributed by atoms with Gasteiger partial charge in [0.1, 0.15) is 11.5 Å². The van der Waals surface area contributed by atoms with Crippen LogP contribution in [0.3, 0.4) is 0 Å². The van der Waals surface area contributed by atoms with Gasteiger partial charge in [0.2, 0.25) is 0 Å². The Hall–Kier alpha value is -6.59. The molecule has 53 heavy (non-hydrogen) atoms. The molecule has 0 saturated carbocycles. The Labute approximate surface area is 309 Å². The second kappa shape index (κ2) is 12.9. The molecule has 5 nitrogen and oxygen atoms in total. The van der Waals surface area contributed by atoms with Gasteiger partial charge in [-0.1, -0.05) is 142 Å². The van der Waals surface area contributed by atoms with Crippen molar-refractivity contribution in [2.24, 2.45) is 0 Å². The number of hydrogen-bond donors (Lipinski definition) is 0. The monoisotopic (exact) mass is 685 g/mol. The Bertz CT molecular complexity index is 2760. The van der Waals surface area contributed by atoms with Crippen LogP contribution >= 0.6 is 0 Å². The van der Waals surface area contributed by atoms with Gasteiger partial charge in [-0.25, -0.2) is 4.98 Å². The molecule has 0 N–H and O–H groups in total. The minimum atomic E-state index is 0.0377. The summed E-state index contributed by atoms with van der Waals surface area (Å²) in [5.74, 6) is 2.25. The van der Waals surface area contributed by atoms with Crippen LogP contribution in [0.1, 0.15) is 31.9 Å². The first-order valence-corrected chi connectivity index (χ1v) is 18.1. The average molecular weight is 686 g/mol. The zero-order chi connectivity index (χ0) is 36.1. The molecule has 0 saturated heterocycles. The maximum absolute atomic E-state index is 5.33. The predicted octanol–water partition coefficient (Wildman–Crippen LogP) is 12.0. The van der Waals surface area contributed by atoms with Crippen molar-refractivity contribution in [1.82, 2.24) is 24.3 Å². The molecule has 0 fully saturated rings. The van der Waals surface area contributed by atoms with Crippen molar-refractivity contribution in [3.63, 3.8) is 0 Å². The van der Waals surface area contributed by atoms with Crippen molar-refractivity contribution in [3.8, 4) is 56.7 Å². The van der Waals surface area contributed by atoms with E-state index in [0.29, 0.717) is 5.82 Å². The fraction of sp³-hybridized carbons (Fsp3) is 0.104. The molecule has 0 aliphatic carbocycles. The zero-order valence-electron chi connectivity index (χ0n) is 30.3. The molecule has 0 spiro atoms. The van der Waals surface area contributed by atoms with Crippen LogP contribution in [0.4, 0.5) is 0 Å². The van der Waals surface area contributed by atoms with E-state index in [2.05, 4.69) is 188 Å². The third-order valence-corrected chi connectivity index (χ3v) is 10.2. The van der Waals surface area contributed by atoms with Gasteiger partial charge in [0.15, 0.2) is 11.6 Å². The third-order valence-electron chi connectivity index (χ3n) is 10.2. The smallest absolute Gasteiger partial charge is 0.187 e. The number of benzene rings is 6. The van der Waals surface area contributed by atoms with E-state index in [1.54, 1.807) is 0 Å². The minimum Gasteiger partial charge on any atom is -0.294 e. The molecule has 9 aromatic rings. The number of aryl methyl sites for hydroxylation is 1. The summed E-state index contributed by atoms with van der Waals surface area (Å²) < 4.78 is 4.41. The Kier molecular flexibility index (Phi) is 7.85. The van der Waals surface area contributed by atoms with Crippen LogP contribution < -0.4 is 0 Å². The van der Waals surface area contributed by atoms with Crippen molar-refractivity contribution < 1.29 is 0 Å². The van der Waals surface area contributed by atoms with Gasteiger partial charge < -0.3 is 0 Å². The SMILES string of the molecule is Cc1ccccc1-c1ccc(-c2nnc(-c3cccc(-n4c5ccccc5c5cc(C(C)(C)C)ccc54)n3)n2-c2cccc(-c3ccccc3)c2)cc1. The van der Waals surface area contributed by atoms with Gasteiger partial charge >= 0.3 is 0 Å². The van der Waals surface area contributed by atoms with Gasteiger partial charge in [-0.05, 0) is 88.2 Å². The van der Waals surface area contributed by atoms with E-state index < -0.39 is 0 Å². The highest BCUT2D eigenvalue weighted by Gasteiger charge is 2.22. The van der Waals surface area contributed by atoms with E-state index in [9.17, 15) is 0 Å². The fourth-order valence-corrected chi connectivity index (χ4v) is 7.39. The van der Waals surface area contributed by atoms with Crippen molar-refractivity contribution in [3.05, 3.63) is 175 Å². The predicted molar refractivity (Wildman–Crippen MR) is 219 cm³/mol. The Balaban J connectivity index is 1.22. The minimum absolute atomic E-state index is 0.0377. The van der Waals surface area contributed by atoms with E-state index >= 15 is 0 Å². The normalized spacial score (nSPS) is 11.8. The highest BCUT2D eigenvalue weighted by Crippen LogP contribution is 2.36. The highest BCUT2D eigenvalue weighted by molar-refractivity contribution is 6.09. The van der Waals surface area contributed by atoms with Crippen LogP contribution in [0.25, 0.3) is 78.5 Å². The molecule has 6 aromatic carbocycles. The molecule has 0 aliphatic rings. The Morgan fingerprint density at radius 2 is 1.15 bits per heavy atom. The zero-order valence-corrected chi connectivity index (χ0v) is 30.3. The Morgan fingerprint density at radius 1 is 0.472 bits per heavy atom.